The van der Waals surface area contributed by atoms with Crippen LogP contribution < -0.4 is 10.6 Å². The van der Waals surface area contributed by atoms with Crippen molar-refractivity contribution in [1.82, 2.24) is 14.9 Å². The first kappa shape index (κ1) is 14.9. The molecule has 1 aromatic carbocycles. The third-order valence-corrected chi connectivity index (χ3v) is 4.72. The number of aliphatic imine (C=N–C) groups is 1. The Labute approximate surface area is 142 Å². The zero-order chi connectivity index (χ0) is 16.4. The van der Waals surface area contributed by atoms with E-state index in [2.05, 4.69) is 50.1 Å². The lowest BCUT2D eigenvalue weighted by molar-refractivity contribution is 0.378. The summed E-state index contributed by atoms with van der Waals surface area (Å²) in [5, 5.41) is 0. The quantitative estimate of drug-likeness (QED) is 0.684. The second kappa shape index (κ2) is 6.47. The van der Waals surface area contributed by atoms with E-state index >= 15 is 0 Å². The Morgan fingerprint density at radius 1 is 1.00 bits per heavy atom. The Bertz CT molecular complexity index is 694. The molecule has 2 atom stereocenters. The number of nitrogens with two attached hydrogens (primary N) is 1. The summed E-state index contributed by atoms with van der Waals surface area (Å²) in [5.74, 6) is 2.00. The van der Waals surface area contributed by atoms with Gasteiger partial charge < -0.3 is 15.5 Å². The molecular formula is C18H22N6. The van der Waals surface area contributed by atoms with Gasteiger partial charge in [0.1, 0.15) is 0 Å². The molecule has 2 heterocycles. The van der Waals surface area contributed by atoms with E-state index in [-0.39, 0.29) is 0 Å². The highest BCUT2D eigenvalue weighted by atomic mass is 15.4. The van der Waals surface area contributed by atoms with Gasteiger partial charge in [0.2, 0.25) is 5.95 Å². The highest BCUT2D eigenvalue weighted by Gasteiger charge is 2.38. The monoisotopic (exact) mass is 322 g/mol. The summed E-state index contributed by atoms with van der Waals surface area (Å²) in [6.07, 6.45) is 4.66. The van der Waals surface area contributed by atoms with Crippen LogP contribution in [0, 0.1) is 0 Å². The van der Waals surface area contributed by atoms with E-state index in [0.717, 1.165) is 38.5 Å². The minimum absolute atomic E-state index is 0.336. The molecule has 1 aliphatic heterocycles. The van der Waals surface area contributed by atoms with Crippen LogP contribution in [0.3, 0.4) is 0 Å². The van der Waals surface area contributed by atoms with E-state index in [1.54, 1.807) is 12.4 Å². The van der Waals surface area contributed by atoms with Crippen LogP contribution in [0.2, 0.25) is 0 Å². The van der Waals surface area contributed by atoms with Crippen LogP contribution in [-0.4, -0.2) is 53.0 Å². The van der Waals surface area contributed by atoms with E-state index in [4.69, 9.17) is 10.7 Å². The van der Waals surface area contributed by atoms with Gasteiger partial charge >= 0.3 is 0 Å². The Hall–Kier alpha value is -2.63. The van der Waals surface area contributed by atoms with Crippen molar-refractivity contribution in [3.8, 4) is 0 Å². The van der Waals surface area contributed by atoms with E-state index < -0.39 is 0 Å². The number of aromatic nitrogens is 2. The molecule has 2 fully saturated rings. The van der Waals surface area contributed by atoms with Crippen molar-refractivity contribution in [2.75, 3.05) is 31.1 Å². The number of guanidine groups is 1. The molecule has 124 valence electrons. The first-order valence-electron chi connectivity index (χ1n) is 8.46. The average Bonchev–Trinajstić information content (AvgIpc) is 3.42. The van der Waals surface area contributed by atoms with Crippen molar-refractivity contribution in [3.63, 3.8) is 0 Å². The SMILES string of the molecule is NC(=NC1CC1c1ccccc1)N1CCN(c2ncccn2)CC1. The fraction of sp³-hybridized carbons (Fsp3) is 0.389. The summed E-state index contributed by atoms with van der Waals surface area (Å²) in [5.41, 5.74) is 7.61. The van der Waals surface area contributed by atoms with Crippen molar-refractivity contribution in [2.45, 2.75) is 18.4 Å². The molecule has 2 unspecified atom stereocenters. The molecule has 2 N–H and O–H groups in total. The highest BCUT2D eigenvalue weighted by molar-refractivity contribution is 5.79. The maximum atomic E-state index is 6.24. The number of hydrogen-bond acceptors (Lipinski definition) is 4. The fourth-order valence-electron chi connectivity index (χ4n) is 3.22. The molecule has 0 radical (unpaired) electrons. The van der Waals surface area contributed by atoms with Crippen molar-refractivity contribution in [3.05, 3.63) is 54.4 Å². The average molecular weight is 322 g/mol. The summed E-state index contributed by atoms with van der Waals surface area (Å²) in [4.78, 5) is 17.7. The van der Waals surface area contributed by atoms with E-state index in [1.807, 2.05) is 6.07 Å². The number of rotatable bonds is 3. The number of nitrogens with zero attached hydrogens (tertiary/aromatic N) is 5. The lowest BCUT2D eigenvalue weighted by Gasteiger charge is -2.35. The van der Waals surface area contributed by atoms with Crippen LogP contribution >= 0.6 is 0 Å². The number of benzene rings is 1. The molecule has 6 heteroatoms. The Morgan fingerprint density at radius 3 is 2.42 bits per heavy atom. The molecule has 24 heavy (non-hydrogen) atoms. The van der Waals surface area contributed by atoms with Crippen molar-refractivity contribution < 1.29 is 0 Å². The molecule has 2 aromatic rings. The first-order valence-corrected chi connectivity index (χ1v) is 8.46. The number of piperazine rings is 1. The smallest absolute Gasteiger partial charge is 0.225 e. The minimum atomic E-state index is 0.336. The van der Waals surface area contributed by atoms with Crippen LogP contribution in [-0.2, 0) is 0 Å². The maximum Gasteiger partial charge on any atom is 0.225 e. The first-order chi connectivity index (χ1) is 11.8. The summed E-state index contributed by atoms with van der Waals surface area (Å²) in [6.45, 7) is 3.45. The zero-order valence-electron chi connectivity index (χ0n) is 13.6. The minimum Gasteiger partial charge on any atom is -0.370 e. The van der Waals surface area contributed by atoms with Gasteiger partial charge in [0.25, 0.3) is 0 Å². The third-order valence-electron chi connectivity index (χ3n) is 4.72. The molecule has 1 saturated heterocycles. The molecular weight excluding hydrogens is 300 g/mol. The molecule has 4 rings (SSSR count). The summed E-state index contributed by atoms with van der Waals surface area (Å²) < 4.78 is 0. The summed E-state index contributed by atoms with van der Waals surface area (Å²) in [7, 11) is 0. The topological polar surface area (TPSA) is 70.6 Å². The van der Waals surface area contributed by atoms with Crippen LogP contribution in [0.1, 0.15) is 17.9 Å². The maximum absolute atomic E-state index is 6.24. The predicted molar refractivity (Wildman–Crippen MR) is 95.0 cm³/mol. The standard InChI is InChI=1S/C18H22N6/c19-17(22-16-13-15(16)14-5-2-1-3-6-14)23-9-11-24(12-10-23)18-20-7-4-8-21-18/h1-8,15-16H,9-13H2,(H2,19,22). The van der Waals surface area contributed by atoms with Gasteiger partial charge in [-0.05, 0) is 18.1 Å². The van der Waals surface area contributed by atoms with E-state index in [9.17, 15) is 0 Å². The second-order valence-electron chi connectivity index (χ2n) is 6.33. The highest BCUT2D eigenvalue weighted by Crippen LogP contribution is 2.43. The lowest BCUT2D eigenvalue weighted by atomic mass is 10.1. The molecule has 0 spiro atoms. The van der Waals surface area contributed by atoms with Gasteiger partial charge in [-0.1, -0.05) is 30.3 Å². The van der Waals surface area contributed by atoms with Gasteiger partial charge in [-0.15, -0.1) is 0 Å². The molecule has 0 bridgehead atoms. The summed E-state index contributed by atoms with van der Waals surface area (Å²) in [6, 6.07) is 12.7. The van der Waals surface area contributed by atoms with Gasteiger partial charge in [0, 0.05) is 44.5 Å². The van der Waals surface area contributed by atoms with Gasteiger partial charge in [-0.3, -0.25) is 0 Å². The fourth-order valence-corrected chi connectivity index (χ4v) is 3.22. The van der Waals surface area contributed by atoms with Crippen LogP contribution in [0.4, 0.5) is 5.95 Å². The molecule has 2 aliphatic rings. The number of hydrogen-bond donors (Lipinski definition) is 1. The third kappa shape index (κ3) is 3.18. The van der Waals surface area contributed by atoms with Crippen molar-refractivity contribution >= 4 is 11.9 Å². The number of anilines is 1. The largest absolute Gasteiger partial charge is 0.370 e. The lowest BCUT2D eigenvalue weighted by Crippen LogP contribution is -2.51. The molecule has 1 aliphatic carbocycles. The molecule has 0 amide bonds. The Morgan fingerprint density at radius 2 is 1.71 bits per heavy atom. The molecule has 1 aromatic heterocycles. The normalized spacial score (nSPS) is 24.1. The van der Waals surface area contributed by atoms with Gasteiger partial charge in [-0.2, -0.15) is 0 Å². The van der Waals surface area contributed by atoms with Crippen molar-refractivity contribution in [1.29, 1.82) is 0 Å². The van der Waals surface area contributed by atoms with Gasteiger partial charge in [0.05, 0.1) is 6.04 Å². The molecule has 6 nitrogen and oxygen atoms in total. The van der Waals surface area contributed by atoms with Crippen LogP contribution in [0.15, 0.2) is 53.8 Å². The van der Waals surface area contributed by atoms with Crippen LogP contribution in [0.5, 0.6) is 0 Å². The van der Waals surface area contributed by atoms with Gasteiger partial charge in [-0.25, -0.2) is 15.0 Å². The zero-order valence-corrected chi connectivity index (χ0v) is 13.6. The Balaban J connectivity index is 1.33. The van der Waals surface area contributed by atoms with Crippen molar-refractivity contribution in [2.24, 2.45) is 10.7 Å². The van der Waals surface area contributed by atoms with E-state index in [1.165, 1.54) is 5.56 Å². The Kier molecular flexibility index (Phi) is 4.02. The predicted octanol–water partition coefficient (Wildman–Crippen LogP) is 1.47. The van der Waals surface area contributed by atoms with Crippen LogP contribution in [0.25, 0.3) is 0 Å². The summed E-state index contributed by atoms with van der Waals surface area (Å²) >= 11 is 0. The second-order valence-corrected chi connectivity index (χ2v) is 6.33. The molecule has 1 saturated carbocycles. The van der Waals surface area contributed by atoms with E-state index in [0.29, 0.717) is 17.9 Å². The van der Waals surface area contributed by atoms with Gasteiger partial charge in [0.15, 0.2) is 5.96 Å².